The highest BCUT2D eigenvalue weighted by Gasteiger charge is 2.23. The van der Waals surface area contributed by atoms with Crippen LogP contribution >= 0.6 is 38.9 Å². The van der Waals surface area contributed by atoms with Crippen molar-refractivity contribution in [1.29, 1.82) is 0 Å². The Labute approximate surface area is 80.9 Å². The summed E-state index contributed by atoms with van der Waals surface area (Å²) in [5, 5.41) is -2.44. The Balaban J connectivity index is 2.30. The van der Waals surface area contributed by atoms with Crippen LogP contribution in [0.4, 0.5) is 0 Å². The first kappa shape index (κ1) is 10.2. The van der Waals surface area contributed by atoms with Crippen molar-refractivity contribution < 1.29 is 4.57 Å². The summed E-state index contributed by atoms with van der Waals surface area (Å²) in [4.78, 5) is 0. The molecule has 66 valence electrons. The molecule has 0 aromatic heterocycles. The highest BCUT2D eigenvalue weighted by Crippen LogP contribution is 2.70. The van der Waals surface area contributed by atoms with Crippen LogP contribution in [0.1, 0.15) is 32.1 Å². The van der Waals surface area contributed by atoms with Crippen molar-refractivity contribution in [2.24, 2.45) is 0 Å². The maximum atomic E-state index is 11.0. The summed E-state index contributed by atoms with van der Waals surface area (Å²) in [6.45, 7) is 0. The zero-order chi connectivity index (χ0) is 8.32. The van der Waals surface area contributed by atoms with Crippen LogP contribution in [0.15, 0.2) is 0 Å². The van der Waals surface area contributed by atoms with Crippen molar-refractivity contribution in [2.45, 2.75) is 37.4 Å². The van der Waals surface area contributed by atoms with Gasteiger partial charge in [0.2, 0.25) is 0 Å². The molecule has 0 radical (unpaired) electrons. The van der Waals surface area contributed by atoms with Crippen molar-refractivity contribution in [2.75, 3.05) is 0 Å². The molecule has 1 aliphatic rings. The Bertz CT molecular complexity index is 164. The summed E-state index contributed by atoms with van der Waals surface area (Å²) in [6.07, 6.45) is 5.99. The van der Waals surface area contributed by atoms with Gasteiger partial charge in [-0.15, -0.1) is 0 Å². The van der Waals surface area contributed by atoms with Crippen molar-refractivity contribution in [3.8, 4) is 0 Å². The van der Waals surface area contributed by atoms with Crippen LogP contribution in [0, 0.1) is 0 Å². The molecule has 5 heteroatoms. The predicted molar refractivity (Wildman–Crippen MR) is 53.8 cm³/mol. The first-order valence-corrected chi connectivity index (χ1v) is 8.76. The van der Waals surface area contributed by atoms with Crippen LogP contribution in [0.3, 0.4) is 0 Å². The lowest BCUT2D eigenvalue weighted by molar-refractivity contribution is 0.517. The van der Waals surface area contributed by atoms with Crippen LogP contribution < -0.4 is 0 Å². The van der Waals surface area contributed by atoms with Gasteiger partial charge in [0.25, 0.3) is 0 Å². The third-order valence-corrected chi connectivity index (χ3v) is 5.90. The van der Waals surface area contributed by atoms with Gasteiger partial charge in [0.05, 0.1) is 0 Å². The van der Waals surface area contributed by atoms with E-state index in [1.165, 1.54) is 30.6 Å². The third-order valence-electron chi connectivity index (χ3n) is 1.82. The van der Waals surface area contributed by atoms with Crippen molar-refractivity contribution in [1.82, 2.24) is 0 Å². The minimum atomic E-state index is -2.87. The number of hydrogen-bond acceptors (Lipinski definition) is 2. The number of rotatable bonds is 2. The topological polar surface area (TPSA) is 17.1 Å². The lowest BCUT2D eigenvalue weighted by atomic mass is 10.0. The van der Waals surface area contributed by atoms with E-state index < -0.39 is 5.05 Å². The fourth-order valence-electron chi connectivity index (χ4n) is 1.34. The van der Waals surface area contributed by atoms with Crippen molar-refractivity contribution in [3.63, 3.8) is 0 Å². The van der Waals surface area contributed by atoms with Gasteiger partial charge in [0.1, 0.15) is 0 Å². The smallest absolute Gasteiger partial charge is 0.277 e. The largest absolute Gasteiger partial charge is 0.307 e. The van der Waals surface area contributed by atoms with E-state index in [1.807, 2.05) is 0 Å². The fourth-order valence-corrected chi connectivity index (χ4v) is 5.94. The van der Waals surface area contributed by atoms with Gasteiger partial charge in [0, 0.05) is 5.25 Å². The molecule has 0 bridgehead atoms. The normalized spacial score (nSPS) is 22.0. The maximum Gasteiger partial charge on any atom is 0.307 e. The average molecular weight is 233 g/mol. The molecule has 11 heavy (non-hydrogen) atoms. The lowest BCUT2D eigenvalue weighted by Gasteiger charge is -2.20. The standard InChI is InChI=1S/C6H11Cl2OPS/c7-10(8,9)11-6-4-2-1-3-5-6/h6H,1-5H2. The molecule has 0 spiro atoms. The Morgan fingerprint density at radius 3 is 2.18 bits per heavy atom. The van der Waals surface area contributed by atoms with E-state index in [4.69, 9.17) is 22.5 Å². The molecular formula is C6H11Cl2OPS. The Hall–Kier alpha value is 1.16. The molecule has 0 amide bonds. The monoisotopic (exact) mass is 232 g/mol. The number of halogens is 2. The molecule has 0 aliphatic heterocycles. The Kier molecular flexibility index (Phi) is 4.11. The van der Waals surface area contributed by atoms with E-state index in [2.05, 4.69) is 0 Å². The van der Waals surface area contributed by atoms with E-state index in [9.17, 15) is 4.57 Å². The summed E-state index contributed by atoms with van der Waals surface area (Å²) in [5.74, 6) is 0. The van der Waals surface area contributed by atoms with E-state index in [-0.39, 0.29) is 0 Å². The second kappa shape index (κ2) is 4.41. The van der Waals surface area contributed by atoms with Gasteiger partial charge in [-0.2, -0.15) is 0 Å². The summed E-state index contributed by atoms with van der Waals surface area (Å²) in [5.41, 5.74) is 0. The molecule has 1 saturated carbocycles. The first-order valence-electron chi connectivity index (χ1n) is 3.76. The van der Waals surface area contributed by atoms with Crippen LogP contribution in [0.2, 0.25) is 0 Å². The zero-order valence-corrected chi connectivity index (χ0v) is 9.36. The average Bonchev–Trinajstić information content (AvgIpc) is 1.85. The van der Waals surface area contributed by atoms with Gasteiger partial charge in [-0.1, -0.05) is 30.6 Å². The van der Waals surface area contributed by atoms with Crippen LogP contribution in [-0.2, 0) is 4.57 Å². The lowest BCUT2D eigenvalue weighted by Crippen LogP contribution is -2.06. The molecule has 1 fully saturated rings. The second-order valence-corrected chi connectivity index (χ2v) is 11.2. The van der Waals surface area contributed by atoms with E-state index in [0.29, 0.717) is 5.25 Å². The molecule has 1 rings (SSSR count). The number of hydrogen-bond donors (Lipinski definition) is 0. The summed E-state index contributed by atoms with van der Waals surface area (Å²) in [7, 11) is 0. The highest BCUT2D eigenvalue weighted by atomic mass is 35.9. The second-order valence-electron chi connectivity index (χ2n) is 2.78. The van der Waals surface area contributed by atoms with Gasteiger partial charge in [-0.3, -0.25) is 4.57 Å². The molecule has 0 aromatic carbocycles. The molecule has 0 N–H and O–H groups in total. The van der Waals surface area contributed by atoms with Crippen LogP contribution in [0.5, 0.6) is 0 Å². The van der Waals surface area contributed by atoms with E-state index >= 15 is 0 Å². The highest BCUT2D eigenvalue weighted by molar-refractivity contribution is 8.73. The summed E-state index contributed by atoms with van der Waals surface area (Å²) >= 11 is 12.2. The van der Waals surface area contributed by atoms with Gasteiger partial charge in [-0.25, -0.2) is 0 Å². The van der Waals surface area contributed by atoms with Crippen molar-refractivity contribution in [3.05, 3.63) is 0 Å². The minimum absolute atomic E-state index is 0.435. The van der Waals surface area contributed by atoms with Crippen LogP contribution in [0.25, 0.3) is 0 Å². The van der Waals surface area contributed by atoms with Gasteiger partial charge >= 0.3 is 5.05 Å². The van der Waals surface area contributed by atoms with E-state index in [0.717, 1.165) is 12.8 Å². The molecule has 0 heterocycles. The van der Waals surface area contributed by atoms with E-state index in [1.54, 1.807) is 0 Å². The molecular weight excluding hydrogens is 222 g/mol. The minimum Gasteiger partial charge on any atom is -0.277 e. The SMILES string of the molecule is O=P(Cl)(Cl)SC1CCCCC1. The quantitative estimate of drug-likeness (QED) is 0.646. The first-order chi connectivity index (χ1) is 5.08. The van der Waals surface area contributed by atoms with Gasteiger partial charge < -0.3 is 0 Å². The fraction of sp³-hybridized carbons (Fsp3) is 1.00. The summed E-state index contributed by atoms with van der Waals surface area (Å²) < 4.78 is 11.0. The third kappa shape index (κ3) is 4.67. The molecule has 1 aliphatic carbocycles. The molecule has 0 aromatic rings. The maximum absolute atomic E-state index is 11.0. The van der Waals surface area contributed by atoms with Crippen LogP contribution in [-0.4, -0.2) is 5.25 Å². The van der Waals surface area contributed by atoms with Gasteiger partial charge in [0.15, 0.2) is 0 Å². The summed E-state index contributed by atoms with van der Waals surface area (Å²) in [6, 6.07) is 0. The molecule has 0 saturated heterocycles. The predicted octanol–water partition coefficient (Wildman–Crippen LogP) is 4.64. The van der Waals surface area contributed by atoms with Crippen molar-refractivity contribution >= 4 is 38.9 Å². The van der Waals surface area contributed by atoms with Gasteiger partial charge in [-0.05, 0) is 35.3 Å². The molecule has 0 unspecified atom stereocenters. The molecule has 0 atom stereocenters. The zero-order valence-electron chi connectivity index (χ0n) is 6.13. The molecule has 1 nitrogen and oxygen atoms in total. The Morgan fingerprint density at radius 2 is 1.73 bits per heavy atom. The Morgan fingerprint density at radius 1 is 1.18 bits per heavy atom.